The minimum Gasteiger partial charge on any atom is -0.396 e. The number of anilines is 1. The van der Waals surface area contributed by atoms with Crippen molar-refractivity contribution in [3.8, 4) is 0 Å². The summed E-state index contributed by atoms with van der Waals surface area (Å²) in [5.41, 5.74) is 12.2. The number of aliphatic hydroxyl groups excluding tert-OH is 1. The van der Waals surface area contributed by atoms with Crippen LogP contribution in [0.2, 0.25) is 0 Å². The van der Waals surface area contributed by atoms with Gasteiger partial charge in [0.05, 0.1) is 29.6 Å². The number of nitrogens with zero attached hydrogens (tertiary/aromatic N) is 2. The third-order valence-corrected chi connectivity index (χ3v) is 6.12. The fraction of sp³-hybridized carbons (Fsp3) is 0.391. The molecular formula is C23H30N4O2. The molecule has 4 rings (SSSR count). The van der Waals surface area contributed by atoms with Crippen molar-refractivity contribution in [3.63, 3.8) is 0 Å². The molecule has 6 heteroatoms. The molecule has 0 spiro atoms. The van der Waals surface area contributed by atoms with Gasteiger partial charge in [0.15, 0.2) is 0 Å². The van der Waals surface area contributed by atoms with Gasteiger partial charge in [-0.3, -0.25) is 5.01 Å². The van der Waals surface area contributed by atoms with Crippen LogP contribution < -0.4 is 16.5 Å². The highest BCUT2D eigenvalue weighted by Gasteiger charge is 2.44. The summed E-state index contributed by atoms with van der Waals surface area (Å²) >= 11 is 0. The van der Waals surface area contributed by atoms with Crippen molar-refractivity contribution in [2.75, 3.05) is 11.9 Å². The second-order valence-electron chi connectivity index (χ2n) is 7.97. The Hall–Kier alpha value is -2.54. The monoisotopic (exact) mass is 394 g/mol. The average Bonchev–Trinajstić information content (AvgIpc) is 3.01. The van der Waals surface area contributed by atoms with Gasteiger partial charge in [0.1, 0.15) is 6.10 Å². The van der Waals surface area contributed by atoms with E-state index >= 15 is 0 Å². The Bertz CT molecular complexity index is 929. The molecule has 154 valence electrons. The highest BCUT2D eigenvalue weighted by molar-refractivity contribution is 5.93. The van der Waals surface area contributed by atoms with Gasteiger partial charge in [-0.05, 0) is 25.0 Å². The molecule has 1 fully saturated rings. The zero-order valence-electron chi connectivity index (χ0n) is 17.2. The molecule has 6 nitrogen and oxygen atoms in total. The maximum Gasteiger partial charge on any atom is 0.104 e. The van der Waals surface area contributed by atoms with E-state index in [4.69, 9.17) is 16.3 Å². The van der Waals surface area contributed by atoms with Gasteiger partial charge in [-0.15, -0.1) is 0 Å². The van der Waals surface area contributed by atoms with Crippen LogP contribution >= 0.6 is 0 Å². The summed E-state index contributed by atoms with van der Waals surface area (Å²) in [5, 5.41) is 12.5. The number of nitrogens with two attached hydrogens (primary N) is 2. The van der Waals surface area contributed by atoms with E-state index in [0.717, 1.165) is 41.0 Å². The summed E-state index contributed by atoms with van der Waals surface area (Å²) in [6, 6.07) is 15.9. The number of benzene rings is 2. The quantitative estimate of drug-likeness (QED) is 0.548. The Morgan fingerprint density at radius 1 is 1.14 bits per heavy atom. The van der Waals surface area contributed by atoms with Crippen molar-refractivity contribution < 1.29 is 9.84 Å². The lowest BCUT2D eigenvalue weighted by molar-refractivity contribution is 0.0144. The summed E-state index contributed by atoms with van der Waals surface area (Å²) in [4.78, 5) is 2.20. The molecule has 4 atom stereocenters. The van der Waals surface area contributed by atoms with Crippen molar-refractivity contribution in [2.24, 2.45) is 11.6 Å². The fourth-order valence-corrected chi connectivity index (χ4v) is 4.63. The second-order valence-corrected chi connectivity index (χ2v) is 7.97. The van der Waals surface area contributed by atoms with Crippen LogP contribution in [-0.4, -0.2) is 41.5 Å². The number of hydrazine groups is 1. The molecule has 2 aliphatic rings. The number of para-hydroxylation sites is 1. The van der Waals surface area contributed by atoms with Crippen LogP contribution in [0.15, 0.2) is 48.5 Å². The van der Waals surface area contributed by atoms with Crippen LogP contribution in [0.25, 0.3) is 11.4 Å². The molecule has 4 unspecified atom stereocenters. The molecule has 0 bridgehead atoms. The largest absolute Gasteiger partial charge is 0.396 e. The standard InChI is InChI=1S/C23H30N4O2/c1-4-19-23(28)21(14(2)29-19)27(25)22-16-10-6-5-9-15(16)13-26(3)18-12-8-7-11-17(18)20(22)24/h5-12,14,19,21,23,28H,4,13,24-25H2,1-3H3/b22-20-. The molecule has 0 radical (unpaired) electrons. The molecule has 29 heavy (non-hydrogen) atoms. The predicted molar refractivity (Wildman–Crippen MR) is 116 cm³/mol. The lowest BCUT2D eigenvalue weighted by atomic mass is 9.94. The lowest BCUT2D eigenvalue weighted by Crippen LogP contribution is -2.50. The van der Waals surface area contributed by atoms with Gasteiger partial charge in [-0.25, -0.2) is 5.84 Å². The summed E-state index contributed by atoms with van der Waals surface area (Å²) in [6.07, 6.45) is -0.397. The minimum absolute atomic E-state index is 0.212. The molecule has 2 aliphatic heterocycles. The van der Waals surface area contributed by atoms with Crippen LogP contribution in [0, 0.1) is 0 Å². The minimum atomic E-state index is -0.684. The van der Waals surface area contributed by atoms with Crippen molar-refractivity contribution in [2.45, 2.75) is 51.2 Å². The second kappa shape index (κ2) is 7.71. The van der Waals surface area contributed by atoms with Gasteiger partial charge in [0.2, 0.25) is 0 Å². The molecular weight excluding hydrogens is 364 g/mol. The molecule has 2 aromatic rings. The maximum absolute atomic E-state index is 10.9. The Kier molecular flexibility index (Phi) is 5.25. The first kappa shape index (κ1) is 19.8. The maximum atomic E-state index is 10.9. The highest BCUT2D eigenvalue weighted by Crippen LogP contribution is 2.38. The third kappa shape index (κ3) is 3.27. The van der Waals surface area contributed by atoms with Gasteiger partial charge < -0.3 is 20.5 Å². The summed E-state index contributed by atoms with van der Waals surface area (Å²) in [5.74, 6) is 6.71. The lowest BCUT2D eigenvalue weighted by Gasteiger charge is -2.36. The molecule has 0 saturated carbocycles. The molecule has 0 aliphatic carbocycles. The first-order valence-electron chi connectivity index (χ1n) is 10.2. The van der Waals surface area contributed by atoms with Crippen molar-refractivity contribution in [1.29, 1.82) is 0 Å². The van der Waals surface area contributed by atoms with Crippen LogP contribution in [0.5, 0.6) is 0 Å². The van der Waals surface area contributed by atoms with Crippen LogP contribution in [-0.2, 0) is 11.3 Å². The molecule has 0 amide bonds. The molecule has 0 aromatic heterocycles. The zero-order valence-corrected chi connectivity index (χ0v) is 17.2. The number of rotatable bonds is 3. The van der Waals surface area contributed by atoms with Gasteiger partial charge in [-0.1, -0.05) is 49.4 Å². The predicted octanol–water partition coefficient (Wildman–Crippen LogP) is 2.52. The molecule has 1 saturated heterocycles. The van der Waals surface area contributed by atoms with Crippen LogP contribution in [0.4, 0.5) is 5.69 Å². The van der Waals surface area contributed by atoms with Gasteiger partial charge in [0.25, 0.3) is 0 Å². The SMILES string of the molecule is CCC1OC(C)C(N(N)/C2=C(\N)c3ccccc3N(C)Cc3ccccc32)C1O. The Morgan fingerprint density at radius 2 is 1.79 bits per heavy atom. The fourth-order valence-electron chi connectivity index (χ4n) is 4.63. The molecule has 2 heterocycles. The topological polar surface area (TPSA) is 88.0 Å². The number of fused-ring (bicyclic) bond motifs is 2. The van der Waals surface area contributed by atoms with Gasteiger partial charge >= 0.3 is 0 Å². The molecule has 2 aromatic carbocycles. The Balaban J connectivity index is 1.91. The van der Waals surface area contributed by atoms with E-state index in [2.05, 4.69) is 24.1 Å². The van der Waals surface area contributed by atoms with Gasteiger partial charge in [0, 0.05) is 30.4 Å². The van der Waals surface area contributed by atoms with E-state index in [-0.39, 0.29) is 18.2 Å². The first-order chi connectivity index (χ1) is 13.9. The van der Waals surface area contributed by atoms with Crippen molar-refractivity contribution >= 4 is 17.1 Å². The first-order valence-corrected chi connectivity index (χ1v) is 10.2. The number of ether oxygens (including phenoxy) is 1. The van der Waals surface area contributed by atoms with E-state index in [1.165, 1.54) is 0 Å². The van der Waals surface area contributed by atoms with Crippen molar-refractivity contribution in [3.05, 3.63) is 65.2 Å². The third-order valence-electron chi connectivity index (χ3n) is 6.12. The van der Waals surface area contributed by atoms with Crippen LogP contribution in [0.1, 0.15) is 37.0 Å². The Morgan fingerprint density at radius 3 is 2.48 bits per heavy atom. The summed E-state index contributed by atoms with van der Waals surface area (Å²) < 4.78 is 5.97. The normalized spacial score (nSPS) is 29.1. The number of hydrogen-bond donors (Lipinski definition) is 3. The summed E-state index contributed by atoms with van der Waals surface area (Å²) in [7, 11) is 2.07. The van der Waals surface area contributed by atoms with E-state index in [9.17, 15) is 5.11 Å². The smallest absolute Gasteiger partial charge is 0.104 e. The number of aliphatic hydroxyl groups is 1. The van der Waals surface area contributed by atoms with Crippen LogP contribution in [0.3, 0.4) is 0 Å². The Labute approximate surface area is 172 Å². The van der Waals surface area contributed by atoms with Gasteiger partial charge in [-0.2, -0.15) is 0 Å². The van der Waals surface area contributed by atoms with E-state index in [1.54, 1.807) is 5.01 Å². The van der Waals surface area contributed by atoms with E-state index < -0.39 is 6.10 Å². The average molecular weight is 395 g/mol. The van der Waals surface area contributed by atoms with Crippen molar-refractivity contribution in [1.82, 2.24) is 5.01 Å². The number of hydrogen-bond acceptors (Lipinski definition) is 6. The zero-order chi connectivity index (χ0) is 20.7. The van der Waals surface area contributed by atoms with E-state index in [0.29, 0.717) is 5.70 Å². The van der Waals surface area contributed by atoms with E-state index in [1.807, 2.05) is 50.2 Å². The summed E-state index contributed by atoms with van der Waals surface area (Å²) in [6.45, 7) is 4.69. The highest BCUT2D eigenvalue weighted by atomic mass is 16.5. The molecule has 5 N–H and O–H groups in total.